The maximum absolute atomic E-state index is 13.7. The lowest BCUT2D eigenvalue weighted by atomic mass is 9.89. The van der Waals surface area contributed by atoms with Crippen LogP contribution in [-0.4, -0.2) is 65.4 Å². The van der Waals surface area contributed by atoms with E-state index < -0.39 is 6.04 Å². The van der Waals surface area contributed by atoms with Crippen molar-refractivity contribution in [1.29, 1.82) is 0 Å². The molecule has 1 aromatic heterocycles. The Hall–Kier alpha value is -2.34. The lowest BCUT2D eigenvalue weighted by Gasteiger charge is -2.29. The molecule has 2 aliphatic rings. The summed E-state index contributed by atoms with van der Waals surface area (Å²) in [7, 11) is 0. The summed E-state index contributed by atoms with van der Waals surface area (Å²) in [6.45, 7) is 8.42. The van der Waals surface area contributed by atoms with Crippen LogP contribution in [0.4, 0.5) is 0 Å². The first-order chi connectivity index (χ1) is 16.0. The molecule has 1 aliphatic carbocycles. The molecule has 4 rings (SSSR count). The second-order valence-corrected chi connectivity index (χ2v) is 10.3. The first kappa shape index (κ1) is 23.8. The summed E-state index contributed by atoms with van der Waals surface area (Å²) in [6, 6.07) is 7.59. The van der Waals surface area contributed by atoms with E-state index in [1.165, 1.54) is 38.6 Å². The third kappa shape index (κ3) is 6.17. The number of aromatic nitrogens is 1. The minimum atomic E-state index is -0.538. The molecule has 0 spiro atoms. The van der Waals surface area contributed by atoms with Crippen LogP contribution in [0.25, 0.3) is 10.9 Å². The number of rotatable bonds is 7. The Morgan fingerprint density at radius 1 is 1.03 bits per heavy atom. The van der Waals surface area contributed by atoms with Gasteiger partial charge in [-0.1, -0.05) is 51.3 Å². The van der Waals surface area contributed by atoms with E-state index >= 15 is 0 Å². The number of benzene rings is 1. The molecule has 33 heavy (non-hydrogen) atoms. The second kappa shape index (κ2) is 11.2. The van der Waals surface area contributed by atoms with Crippen LogP contribution >= 0.6 is 0 Å². The smallest absolute Gasteiger partial charge is 0.245 e. The number of amides is 2. The lowest BCUT2D eigenvalue weighted by molar-refractivity contribution is -0.137. The molecule has 1 aliphatic heterocycles. The molecule has 6 heteroatoms. The molecule has 1 saturated heterocycles. The van der Waals surface area contributed by atoms with Gasteiger partial charge in [-0.25, -0.2) is 0 Å². The molecule has 1 aromatic carbocycles. The zero-order chi connectivity index (χ0) is 23.2. The standard InChI is InChI=1S/C27H40N4O2/c1-20(2)26(32)29-25(17-22-18-28-24-12-7-6-11-23(22)24)27(33)31-14-8-13-30(15-16-31)19-21-9-4-3-5-10-21/h6-7,11-12,18,20-21,25,28H,3-5,8-10,13-17,19H2,1-2H3,(H,29,32). The van der Waals surface area contributed by atoms with Crippen LogP contribution in [-0.2, 0) is 16.0 Å². The van der Waals surface area contributed by atoms with Crippen molar-refractivity contribution in [2.24, 2.45) is 11.8 Å². The number of para-hydroxylation sites is 1. The summed E-state index contributed by atoms with van der Waals surface area (Å²) in [4.78, 5) is 34.1. The van der Waals surface area contributed by atoms with Gasteiger partial charge in [0, 0.05) is 55.6 Å². The van der Waals surface area contributed by atoms with Gasteiger partial charge in [0.1, 0.15) is 6.04 Å². The van der Waals surface area contributed by atoms with Crippen LogP contribution in [0, 0.1) is 11.8 Å². The molecule has 2 amide bonds. The summed E-state index contributed by atoms with van der Waals surface area (Å²) in [5.74, 6) is 0.648. The van der Waals surface area contributed by atoms with Gasteiger partial charge in [0.05, 0.1) is 0 Å². The first-order valence-corrected chi connectivity index (χ1v) is 12.9. The van der Waals surface area contributed by atoms with Crippen LogP contribution in [0.2, 0.25) is 0 Å². The van der Waals surface area contributed by atoms with E-state index in [1.54, 1.807) is 0 Å². The summed E-state index contributed by atoms with van der Waals surface area (Å²) in [5.41, 5.74) is 2.13. The maximum Gasteiger partial charge on any atom is 0.245 e. The fourth-order valence-electron chi connectivity index (χ4n) is 5.39. The molecule has 2 N–H and O–H groups in total. The van der Waals surface area contributed by atoms with E-state index in [-0.39, 0.29) is 17.7 Å². The number of aromatic amines is 1. The van der Waals surface area contributed by atoms with Crippen molar-refractivity contribution in [3.8, 4) is 0 Å². The summed E-state index contributed by atoms with van der Waals surface area (Å²) in [6.07, 6.45) is 10.3. The number of nitrogens with one attached hydrogen (secondary N) is 2. The molecular formula is C27H40N4O2. The number of carbonyl (C=O) groups is 2. The van der Waals surface area contributed by atoms with Gasteiger partial charge in [0.2, 0.25) is 11.8 Å². The van der Waals surface area contributed by atoms with Crippen LogP contribution in [0.1, 0.15) is 57.9 Å². The predicted molar refractivity (Wildman–Crippen MR) is 133 cm³/mol. The van der Waals surface area contributed by atoms with E-state index in [4.69, 9.17) is 0 Å². The van der Waals surface area contributed by atoms with Crippen LogP contribution in [0.5, 0.6) is 0 Å². The Bertz CT molecular complexity index is 931. The molecule has 6 nitrogen and oxygen atoms in total. The van der Waals surface area contributed by atoms with Gasteiger partial charge in [-0.3, -0.25) is 9.59 Å². The number of hydrogen-bond acceptors (Lipinski definition) is 3. The van der Waals surface area contributed by atoms with E-state index in [0.717, 1.165) is 55.0 Å². The van der Waals surface area contributed by atoms with Crippen molar-refractivity contribution >= 4 is 22.7 Å². The molecule has 1 unspecified atom stereocenters. The molecule has 1 atom stereocenters. The van der Waals surface area contributed by atoms with E-state index in [9.17, 15) is 9.59 Å². The molecule has 180 valence electrons. The van der Waals surface area contributed by atoms with Crippen LogP contribution < -0.4 is 5.32 Å². The molecule has 2 heterocycles. The lowest BCUT2D eigenvalue weighted by Crippen LogP contribution is -2.51. The molecule has 2 aromatic rings. The minimum absolute atomic E-state index is 0.0498. The highest BCUT2D eigenvalue weighted by molar-refractivity contribution is 5.90. The number of fused-ring (bicyclic) bond motifs is 1. The molecule has 0 bridgehead atoms. The largest absolute Gasteiger partial charge is 0.361 e. The highest BCUT2D eigenvalue weighted by atomic mass is 16.2. The quantitative estimate of drug-likeness (QED) is 0.668. The SMILES string of the molecule is CC(C)C(=O)NC(Cc1c[nH]c2ccccc12)C(=O)N1CCCN(CC2CCCCC2)CC1. The molecule has 1 saturated carbocycles. The Morgan fingerprint density at radius 2 is 1.82 bits per heavy atom. The van der Waals surface area contributed by atoms with Crippen LogP contribution in [0.15, 0.2) is 30.5 Å². The van der Waals surface area contributed by atoms with E-state index in [0.29, 0.717) is 6.42 Å². The molecule has 2 fully saturated rings. The Kier molecular flexibility index (Phi) is 8.07. The van der Waals surface area contributed by atoms with Crippen molar-refractivity contribution in [2.75, 3.05) is 32.7 Å². The third-order valence-corrected chi connectivity index (χ3v) is 7.38. The third-order valence-electron chi connectivity index (χ3n) is 7.38. The fourth-order valence-corrected chi connectivity index (χ4v) is 5.39. The van der Waals surface area contributed by atoms with Crippen LogP contribution in [0.3, 0.4) is 0 Å². The zero-order valence-corrected chi connectivity index (χ0v) is 20.3. The highest BCUT2D eigenvalue weighted by Crippen LogP contribution is 2.25. The van der Waals surface area contributed by atoms with Gasteiger partial charge < -0.3 is 20.1 Å². The zero-order valence-electron chi connectivity index (χ0n) is 20.3. The minimum Gasteiger partial charge on any atom is -0.361 e. The normalized spacial score (nSPS) is 19.5. The summed E-state index contributed by atoms with van der Waals surface area (Å²) < 4.78 is 0. The maximum atomic E-state index is 13.7. The number of carbonyl (C=O) groups excluding carboxylic acids is 2. The summed E-state index contributed by atoms with van der Waals surface area (Å²) >= 11 is 0. The van der Waals surface area contributed by atoms with Crippen molar-refractivity contribution < 1.29 is 9.59 Å². The predicted octanol–water partition coefficient (Wildman–Crippen LogP) is 3.97. The number of hydrogen-bond donors (Lipinski definition) is 2. The van der Waals surface area contributed by atoms with Gasteiger partial charge in [0.25, 0.3) is 0 Å². The number of H-pyrrole nitrogens is 1. The van der Waals surface area contributed by atoms with Crippen molar-refractivity contribution in [3.05, 3.63) is 36.0 Å². The highest BCUT2D eigenvalue weighted by Gasteiger charge is 2.29. The van der Waals surface area contributed by atoms with Gasteiger partial charge in [-0.05, 0) is 43.4 Å². The van der Waals surface area contributed by atoms with E-state index in [1.807, 2.05) is 43.1 Å². The van der Waals surface area contributed by atoms with Gasteiger partial charge >= 0.3 is 0 Å². The monoisotopic (exact) mass is 452 g/mol. The van der Waals surface area contributed by atoms with Gasteiger partial charge in [-0.15, -0.1) is 0 Å². The summed E-state index contributed by atoms with van der Waals surface area (Å²) in [5, 5.41) is 4.17. The van der Waals surface area contributed by atoms with Gasteiger partial charge in [0.15, 0.2) is 0 Å². The van der Waals surface area contributed by atoms with Crippen molar-refractivity contribution in [2.45, 2.75) is 64.8 Å². The molecular weight excluding hydrogens is 412 g/mol. The fraction of sp³-hybridized carbons (Fsp3) is 0.630. The first-order valence-electron chi connectivity index (χ1n) is 12.9. The molecule has 0 radical (unpaired) electrons. The average molecular weight is 453 g/mol. The van der Waals surface area contributed by atoms with Crippen molar-refractivity contribution in [3.63, 3.8) is 0 Å². The van der Waals surface area contributed by atoms with E-state index in [2.05, 4.69) is 21.3 Å². The Labute approximate surface area is 198 Å². The average Bonchev–Trinajstić information content (AvgIpc) is 3.08. The number of nitrogens with zero attached hydrogens (tertiary/aromatic N) is 2. The topological polar surface area (TPSA) is 68.4 Å². The Morgan fingerprint density at radius 3 is 2.61 bits per heavy atom. The Balaban J connectivity index is 1.43. The van der Waals surface area contributed by atoms with Crippen molar-refractivity contribution in [1.82, 2.24) is 20.1 Å². The van der Waals surface area contributed by atoms with Gasteiger partial charge in [-0.2, -0.15) is 0 Å². The second-order valence-electron chi connectivity index (χ2n) is 10.3.